The molecule has 1 N–H and O–H groups in total. The summed E-state index contributed by atoms with van der Waals surface area (Å²) in [6.07, 6.45) is 3.52. The van der Waals surface area contributed by atoms with Gasteiger partial charge in [0.2, 0.25) is 0 Å². The number of thiophene rings is 1. The highest BCUT2D eigenvalue weighted by Gasteiger charge is 2.23. The average Bonchev–Trinajstić information content (AvgIpc) is 3.30. The topological polar surface area (TPSA) is 59.5 Å². The van der Waals surface area contributed by atoms with E-state index < -0.39 is 0 Å². The molecule has 3 aromatic rings. The van der Waals surface area contributed by atoms with E-state index in [0.717, 1.165) is 73.6 Å². The number of aromatic nitrogens is 2. The molecular weight excluding hydrogens is 372 g/mol. The molecule has 1 saturated heterocycles. The minimum absolute atomic E-state index is 0.763. The zero-order valence-corrected chi connectivity index (χ0v) is 16.8. The van der Waals surface area contributed by atoms with Crippen molar-refractivity contribution in [3.63, 3.8) is 0 Å². The Labute approximate surface area is 168 Å². The van der Waals surface area contributed by atoms with Crippen LogP contribution in [0.25, 0.3) is 10.2 Å². The summed E-state index contributed by atoms with van der Waals surface area (Å²) >= 11 is 1.84. The van der Waals surface area contributed by atoms with Crippen molar-refractivity contribution in [1.29, 1.82) is 0 Å². The number of aryl methyl sites for hydroxylation is 2. The molecular formula is C21H24N4O2S. The summed E-state index contributed by atoms with van der Waals surface area (Å²) in [7, 11) is 1.68. The lowest BCUT2D eigenvalue weighted by Gasteiger charge is -2.25. The largest absolute Gasteiger partial charge is 0.497 e. The Morgan fingerprint density at radius 2 is 1.96 bits per heavy atom. The molecule has 0 bridgehead atoms. The lowest BCUT2D eigenvalue weighted by molar-refractivity contribution is 0.0331. The Morgan fingerprint density at radius 1 is 1.14 bits per heavy atom. The van der Waals surface area contributed by atoms with Gasteiger partial charge in [-0.1, -0.05) is 0 Å². The first-order valence-corrected chi connectivity index (χ1v) is 10.6. The third-order valence-electron chi connectivity index (χ3n) is 5.43. The molecule has 2 aromatic heterocycles. The predicted octanol–water partition coefficient (Wildman–Crippen LogP) is 3.76. The smallest absolute Gasteiger partial charge is 0.146 e. The van der Waals surface area contributed by atoms with Crippen LogP contribution in [0, 0.1) is 0 Å². The number of rotatable bonds is 5. The van der Waals surface area contributed by atoms with Crippen LogP contribution in [-0.4, -0.2) is 48.3 Å². The molecule has 0 unspecified atom stereocenters. The van der Waals surface area contributed by atoms with Gasteiger partial charge in [-0.3, -0.25) is 4.90 Å². The number of methoxy groups -OCH3 is 1. The molecule has 0 atom stereocenters. The summed E-state index contributed by atoms with van der Waals surface area (Å²) in [6, 6.07) is 7.99. The van der Waals surface area contributed by atoms with Crippen LogP contribution in [0.5, 0.6) is 5.75 Å². The van der Waals surface area contributed by atoms with Crippen molar-refractivity contribution < 1.29 is 9.47 Å². The van der Waals surface area contributed by atoms with E-state index in [1.165, 1.54) is 22.2 Å². The van der Waals surface area contributed by atoms with Crippen molar-refractivity contribution in [2.45, 2.75) is 25.8 Å². The number of nitrogens with zero attached hydrogens (tertiary/aromatic N) is 3. The second-order valence-corrected chi connectivity index (χ2v) is 8.35. The van der Waals surface area contributed by atoms with Gasteiger partial charge in [0, 0.05) is 23.7 Å². The third kappa shape index (κ3) is 3.45. The number of morpholine rings is 1. The number of ether oxygens (including phenoxy) is 2. The Hall–Kier alpha value is -2.22. The Morgan fingerprint density at radius 3 is 2.75 bits per heavy atom. The van der Waals surface area contributed by atoms with Crippen molar-refractivity contribution >= 4 is 33.1 Å². The van der Waals surface area contributed by atoms with E-state index in [2.05, 4.69) is 10.2 Å². The standard InChI is InChI=1S/C21H24N4O2S/c1-26-15-7-5-14(6-8-15)22-20-19-16-3-2-4-17(16)28-21(19)24-18(23-20)13-25-9-11-27-12-10-25/h5-8H,2-4,9-13H2,1H3,(H,22,23,24). The van der Waals surface area contributed by atoms with E-state index in [1.54, 1.807) is 7.11 Å². The molecule has 0 radical (unpaired) electrons. The molecule has 1 fully saturated rings. The fourth-order valence-corrected chi connectivity index (χ4v) is 5.25. The highest BCUT2D eigenvalue weighted by Crippen LogP contribution is 2.40. The van der Waals surface area contributed by atoms with Gasteiger partial charge < -0.3 is 14.8 Å². The van der Waals surface area contributed by atoms with E-state index in [-0.39, 0.29) is 0 Å². The van der Waals surface area contributed by atoms with Crippen LogP contribution in [0.1, 0.15) is 22.7 Å². The lowest BCUT2D eigenvalue weighted by atomic mass is 10.2. The van der Waals surface area contributed by atoms with E-state index >= 15 is 0 Å². The predicted molar refractivity (Wildman–Crippen MR) is 112 cm³/mol. The Kier molecular flexibility index (Phi) is 4.88. The van der Waals surface area contributed by atoms with Crippen molar-refractivity contribution in [2.24, 2.45) is 0 Å². The molecule has 28 heavy (non-hydrogen) atoms. The molecule has 0 saturated carbocycles. The van der Waals surface area contributed by atoms with Crippen LogP contribution in [0.2, 0.25) is 0 Å². The molecule has 2 aliphatic rings. The first-order valence-electron chi connectivity index (χ1n) is 9.82. The number of hydrogen-bond donors (Lipinski definition) is 1. The average molecular weight is 397 g/mol. The fourth-order valence-electron chi connectivity index (χ4n) is 3.97. The van der Waals surface area contributed by atoms with Crippen molar-refractivity contribution in [3.8, 4) is 5.75 Å². The first-order chi connectivity index (χ1) is 13.8. The number of nitrogens with one attached hydrogen (secondary N) is 1. The molecule has 0 spiro atoms. The van der Waals surface area contributed by atoms with Crippen LogP contribution < -0.4 is 10.1 Å². The van der Waals surface area contributed by atoms with Crippen LogP contribution in [-0.2, 0) is 24.1 Å². The Balaban J connectivity index is 1.51. The van der Waals surface area contributed by atoms with Gasteiger partial charge in [0.05, 0.1) is 32.3 Å². The summed E-state index contributed by atoms with van der Waals surface area (Å²) in [5, 5.41) is 4.76. The molecule has 5 rings (SSSR count). The lowest BCUT2D eigenvalue weighted by Crippen LogP contribution is -2.36. The molecule has 1 aliphatic heterocycles. The molecule has 7 heteroatoms. The van der Waals surface area contributed by atoms with E-state index in [1.807, 2.05) is 35.6 Å². The van der Waals surface area contributed by atoms with E-state index in [9.17, 15) is 0 Å². The van der Waals surface area contributed by atoms with Gasteiger partial charge >= 0.3 is 0 Å². The molecule has 0 amide bonds. The normalized spacial score (nSPS) is 17.0. The zero-order chi connectivity index (χ0) is 18.9. The van der Waals surface area contributed by atoms with Gasteiger partial charge in [-0.05, 0) is 49.1 Å². The summed E-state index contributed by atoms with van der Waals surface area (Å²) in [4.78, 5) is 14.8. The minimum Gasteiger partial charge on any atom is -0.497 e. The molecule has 6 nitrogen and oxygen atoms in total. The number of hydrogen-bond acceptors (Lipinski definition) is 7. The maximum Gasteiger partial charge on any atom is 0.146 e. The van der Waals surface area contributed by atoms with Gasteiger partial charge in [-0.2, -0.15) is 0 Å². The summed E-state index contributed by atoms with van der Waals surface area (Å²) in [5.41, 5.74) is 2.45. The van der Waals surface area contributed by atoms with Gasteiger partial charge in [0.1, 0.15) is 22.2 Å². The minimum atomic E-state index is 0.763. The third-order valence-corrected chi connectivity index (χ3v) is 6.62. The SMILES string of the molecule is COc1ccc(Nc2nc(CN3CCOCC3)nc3sc4c(c23)CCC4)cc1. The van der Waals surface area contributed by atoms with E-state index in [0.29, 0.717) is 0 Å². The summed E-state index contributed by atoms with van der Waals surface area (Å²) < 4.78 is 10.7. The fraction of sp³-hybridized carbons (Fsp3) is 0.429. The highest BCUT2D eigenvalue weighted by molar-refractivity contribution is 7.19. The second kappa shape index (κ2) is 7.66. The second-order valence-electron chi connectivity index (χ2n) is 7.27. The quantitative estimate of drug-likeness (QED) is 0.709. The number of fused-ring (bicyclic) bond motifs is 3. The van der Waals surface area contributed by atoms with Crippen LogP contribution >= 0.6 is 11.3 Å². The molecule has 1 aliphatic carbocycles. The monoisotopic (exact) mass is 396 g/mol. The van der Waals surface area contributed by atoms with Gasteiger partial charge in [-0.15, -0.1) is 11.3 Å². The van der Waals surface area contributed by atoms with Gasteiger partial charge in [-0.25, -0.2) is 9.97 Å². The summed E-state index contributed by atoms with van der Waals surface area (Å²) in [5.74, 6) is 2.66. The van der Waals surface area contributed by atoms with E-state index in [4.69, 9.17) is 19.4 Å². The van der Waals surface area contributed by atoms with Crippen molar-refractivity contribution in [1.82, 2.24) is 14.9 Å². The van der Waals surface area contributed by atoms with Crippen molar-refractivity contribution in [3.05, 3.63) is 40.5 Å². The van der Waals surface area contributed by atoms with Crippen molar-refractivity contribution in [2.75, 3.05) is 38.7 Å². The summed E-state index contributed by atoms with van der Waals surface area (Å²) in [6.45, 7) is 4.20. The zero-order valence-electron chi connectivity index (χ0n) is 16.0. The highest BCUT2D eigenvalue weighted by atomic mass is 32.1. The van der Waals surface area contributed by atoms with Crippen LogP contribution in [0.15, 0.2) is 24.3 Å². The number of anilines is 2. The molecule has 146 valence electrons. The maximum absolute atomic E-state index is 5.47. The van der Waals surface area contributed by atoms with Crippen LogP contribution in [0.4, 0.5) is 11.5 Å². The maximum atomic E-state index is 5.47. The molecule has 3 heterocycles. The van der Waals surface area contributed by atoms with Gasteiger partial charge in [0.25, 0.3) is 0 Å². The Bertz CT molecular complexity index is 980. The molecule has 1 aromatic carbocycles. The van der Waals surface area contributed by atoms with Gasteiger partial charge in [0.15, 0.2) is 0 Å². The van der Waals surface area contributed by atoms with Crippen LogP contribution in [0.3, 0.4) is 0 Å². The number of benzene rings is 1. The first kappa shape index (κ1) is 17.8.